The molecule has 0 bridgehead atoms. The van der Waals surface area contributed by atoms with Crippen molar-refractivity contribution < 1.29 is 19.1 Å². The SMILES string of the molecule is COc1ccc(C(=O)Nc2ccccc2NC(=O)c2ccc(OC)c(N)c2)cc1. The number of hydrogen-bond donors (Lipinski definition) is 3. The number of carbonyl (C=O) groups is 2. The maximum Gasteiger partial charge on any atom is 0.255 e. The molecule has 4 N–H and O–H groups in total. The van der Waals surface area contributed by atoms with Crippen LogP contribution in [0.3, 0.4) is 0 Å². The number of methoxy groups -OCH3 is 2. The van der Waals surface area contributed by atoms with Gasteiger partial charge in [0.25, 0.3) is 11.8 Å². The largest absolute Gasteiger partial charge is 0.497 e. The molecule has 7 heteroatoms. The van der Waals surface area contributed by atoms with E-state index in [1.165, 1.54) is 13.2 Å². The predicted molar refractivity (Wildman–Crippen MR) is 113 cm³/mol. The average molecular weight is 391 g/mol. The molecule has 0 radical (unpaired) electrons. The summed E-state index contributed by atoms with van der Waals surface area (Å²) in [4.78, 5) is 25.2. The number of rotatable bonds is 6. The Hall–Kier alpha value is -4.00. The van der Waals surface area contributed by atoms with E-state index in [1.807, 2.05) is 0 Å². The summed E-state index contributed by atoms with van der Waals surface area (Å²) in [6.45, 7) is 0. The lowest BCUT2D eigenvalue weighted by Crippen LogP contribution is -2.17. The molecule has 29 heavy (non-hydrogen) atoms. The minimum atomic E-state index is -0.356. The first kappa shape index (κ1) is 19.8. The second kappa shape index (κ2) is 8.79. The van der Waals surface area contributed by atoms with Gasteiger partial charge in [0.05, 0.1) is 31.3 Å². The molecule has 0 fully saturated rings. The Labute approximate surface area is 168 Å². The topological polar surface area (TPSA) is 103 Å². The zero-order valence-corrected chi connectivity index (χ0v) is 16.1. The van der Waals surface area contributed by atoms with E-state index < -0.39 is 0 Å². The highest BCUT2D eigenvalue weighted by Crippen LogP contribution is 2.25. The molecule has 148 valence electrons. The molecule has 3 aromatic rings. The van der Waals surface area contributed by atoms with Crippen molar-refractivity contribution in [3.8, 4) is 11.5 Å². The van der Waals surface area contributed by atoms with Gasteiger partial charge in [-0.1, -0.05) is 12.1 Å². The molecule has 0 saturated carbocycles. The van der Waals surface area contributed by atoms with Crippen molar-refractivity contribution in [3.05, 3.63) is 77.9 Å². The van der Waals surface area contributed by atoms with Gasteiger partial charge in [0.1, 0.15) is 11.5 Å². The Balaban J connectivity index is 1.77. The number of nitrogens with two attached hydrogens (primary N) is 1. The van der Waals surface area contributed by atoms with E-state index in [-0.39, 0.29) is 11.8 Å². The van der Waals surface area contributed by atoms with Gasteiger partial charge in [-0.2, -0.15) is 0 Å². The van der Waals surface area contributed by atoms with Crippen LogP contribution in [0.25, 0.3) is 0 Å². The normalized spacial score (nSPS) is 10.1. The Morgan fingerprint density at radius 2 is 1.31 bits per heavy atom. The number of benzene rings is 3. The molecule has 3 rings (SSSR count). The van der Waals surface area contributed by atoms with Crippen molar-refractivity contribution in [1.82, 2.24) is 0 Å². The lowest BCUT2D eigenvalue weighted by Gasteiger charge is -2.13. The van der Waals surface area contributed by atoms with Crippen LogP contribution >= 0.6 is 0 Å². The van der Waals surface area contributed by atoms with Gasteiger partial charge in [0.2, 0.25) is 0 Å². The minimum absolute atomic E-state index is 0.303. The number of ether oxygens (including phenoxy) is 2. The number of carbonyl (C=O) groups excluding carboxylic acids is 2. The first-order valence-electron chi connectivity index (χ1n) is 8.81. The fourth-order valence-corrected chi connectivity index (χ4v) is 2.71. The van der Waals surface area contributed by atoms with Crippen molar-refractivity contribution >= 4 is 28.9 Å². The van der Waals surface area contributed by atoms with E-state index in [2.05, 4.69) is 10.6 Å². The molecule has 7 nitrogen and oxygen atoms in total. The fourth-order valence-electron chi connectivity index (χ4n) is 2.71. The summed E-state index contributed by atoms with van der Waals surface area (Å²) in [5.74, 6) is 0.496. The summed E-state index contributed by atoms with van der Waals surface area (Å²) in [6.07, 6.45) is 0. The maximum absolute atomic E-state index is 12.6. The standard InChI is InChI=1S/C22H21N3O4/c1-28-16-10-7-14(8-11-16)21(26)24-18-5-3-4-6-19(18)25-22(27)15-9-12-20(29-2)17(23)13-15/h3-13H,23H2,1-2H3,(H,24,26)(H,25,27). The van der Waals surface area contributed by atoms with Crippen LogP contribution in [0.2, 0.25) is 0 Å². The number of nitrogens with one attached hydrogen (secondary N) is 2. The molecule has 3 aromatic carbocycles. The molecule has 0 aliphatic heterocycles. The summed E-state index contributed by atoms with van der Waals surface area (Å²) in [7, 11) is 3.07. The van der Waals surface area contributed by atoms with Crippen LogP contribution in [-0.2, 0) is 0 Å². The molecule has 0 spiro atoms. The van der Waals surface area contributed by atoms with Crippen LogP contribution in [0.15, 0.2) is 66.7 Å². The zero-order valence-electron chi connectivity index (χ0n) is 16.1. The molecule has 0 aromatic heterocycles. The fraction of sp³-hybridized carbons (Fsp3) is 0.0909. The molecular weight excluding hydrogens is 370 g/mol. The lowest BCUT2D eigenvalue weighted by molar-refractivity contribution is 0.101. The third-order valence-corrected chi connectivity index (χ3v) is 4.27. The summed E-state index contributed by atoms with van der Waals surface area (Å²) in [6, 6.07) is 18.5. The quantitative estimate of drug-likeness (QED) is 0.555. The highest BCUT2D eigenvalue weighted by atomic mass is 16.5. The predicted octanol–water partition coefficient (Wildman–Crippen LogP) is 3.79. The summed E-state index contributed by atoms with van der Waals surface area (Å²) in [5.41, 5.74) is 8.02. The molecule has 0 aliphatic rings. The van der Waals surface area contributed by atoms with Crippen LogP contribution in [0.5, 0.6) is 11.5 Å². The lowest BCUT2D eigenvalue weighted by atomic mass is 10.1. The second-order valence-electron chi connectivity index (χ2n) is 6.14. The van der Waals surface area contributed by atoms with Gasteiger partial charge in [0.15, 0.2) is 0 Å². The Morgan fingerprint density at radius 3 is 1.83 bits per heavy atom. The van der Waals surface area contributed by atoms with Gasteiger partial charge >= 0.3 is 0 Å². The van der Waals surface area contributed by atoms with Crippen molar-refractivity contribution in [2.75, 3.05) is 30.6 Å². The third kappa shape index (κ3) is 4.65. The van der Waals surface area contributed by atoms with Crippen molar-refractivity contribution in [3.63, 3.8) is 0 Å². The van der Waals surface area contributed by atoms with Crippen LogP contribution in [0, 0.1) is 0 Å². The summed E-state index contributed by atoms with van der Waals surface area (Å²) < 4.78 is 10.2. The van der Waals surface area contributed by atoms with Crippen LogP contribution in [-0.4, -0.2) is 26.0 Å². The monoisotopic (exact) mass is 391 g/mol. The third-order valence-electron chi connectivity index (χ3n) is 4.27. The van der Waals surface area contributed by atoms with Crippen molar-refractivity contribution in [2.24, 2.45) is 0 Å². The summed E-state index contributed by atoms with van der Waals surface area (Å²) in [5, 5.41) is 5.61. The van der Waals surface area contributed by atoms with Gasteiger partial charge in [0, 0.05) is 11.1 Å². The average Bonchev–Trinajstić information content (AvgIpc) is 2.75. The number of amides is 2. The Morgan fingerprint density at radius 1 is 0.759 bits per heavy atom. The first-order chi connectivity index (χ1) is 14.0. The van der Waals surface area contributed by atoms with E-state index in [4.69, 9.17) is 15.2 Å². The molecule has 0 aliphatic carbocycles. The smallest absolute Gasteiger partial charge is 0.255 e. The van der Waals surface area contributed by atoms with Crippen molar-refractivity contribution in [2.45, 2.75) is 0 Å². The maximum atomic E-state index is 12.6. The van der Waals surface area contributed by atoms with Gasteiger partial charge < -0.3 is 25.8 Å². The van der Waals surface area contributed by atoms with Crippen LogP contribution < -0.4 is 25.8 Å². The van der Waals surface area contributed by atoms with Gasteiger partial charge in [-0.3, -0.25) is 9.59 Å². The van der Waals surface area contributed by atoms with Crippen molar-refractivity contribution in [1.29, 1.82) is 0 Å². The Kier molecular flexibility index (Phi) is 5.99. The molecule has 0 atom stereocenters. The number of hydrogen-bond acceptors (Lipinski definition) is 5. The number of para-hydroxylation sites is 2. The zero-order chi connectivity index (χ0) is 20.8. The minimum Gasteiger partial charge on any atom is -0.497 e. The van der Waals surface area contributed by atoms with Crippen LogP contribution in [0.4, 0.5) is 17.1 Å². The Bertz CT molecular complexity index is 1030. The van der Waals surface area contributed by atoms with E-state index in [0.717, 1.165) is 0 Å². The highest BCUT2D eigenvalue weighted by molar-refractivity contribution is 6.10. The van der Waals surface area contributed by atoms with Gasteiger partial charge in [-0.05, 0) is 54.6 Å². The van der Waals surface area contributed by atoms with E-state index in [9.17, 15) is 9.59 Å². The van der Waals surface area contributed by atoms with E-state index >= 15 is 0 Å². The molecule has 0 unspecified atom stereocenters. The number of nitrogen functional groups attached to an aromatic ring is 1. The highest BCUT2D eigenvalue weighted by Gasteiger charge is 2.13. The van der Waals surface area contributed by atoms with E-state index in [1.54, 1.807) is 67.8 Å². The van der Waals surface area contributed by atoms with Gasteiger partial charge in [-0.25, -0.2) is 0 Å². The molecule has 2 amide bonds. The first-order valence-corrected chi connectivity index (χ1v) is 8.81. The molecular formula is C22H21N3O4. The molecule has 0 heterocycles. The summed E-state index contributed by atoms with van der Waals surface area (Å²) >= 11 is 0. The number of anilines is 3. The second-order valence-corrected chi connectivity index (χ2v) is 6.14. The van der Waals surface area contributed by atoms with Crippen LogP contribution in [0.1, 0.15) is 20.7 Å². The molecule has 0 saturated heterocycles. The van der Waals surface area contributed by atoms with Gasteiger partial charge in [-0.15, -0.1) is 0 Å². The van der Waals surface area contributed by atoms with E-state index in [0.29, 0.717) is 39.7 Å².